The highest BCUT2D eigenvalue weighted by Crippen LogP contribution is 2.02. The Bertz CT molecular complexity index is 141. The molecule has 16 heavy (non-hydrogen) atoms. The predicted molar refractivity (Wildman–Crippen MR) is 69.7 cm³/mol. The molecule has 0 atom stereocenters. The van der Waals surface area contributed by atoms with E-state index in [2.05, 4.69) is 0 Å². The number of hydrogen-bond donors (Lipinski definition) is 0. The maximum atomic E-state index is 5.49. The summed E-state index contributed by atoms with van der Waals surface area (Å²) in [6, 6.07) is 2.29. The molecular formula is C11H27NO3Si. The molecule has 98 valence electrons. The summed E-state index contributed by atoms with van der Waals surface area (Å²) in [5.41, 5.74) is 0. The molecule has 0 spiro atoms. The summed E-state index contributed by atoms with van der Waals surface area (Å²) < 4.78 is 16.5. The van der Waals surface area contributed by atoms with E-state index in [1.807, 2.05) is 32.8 Å². The first-order valence-electron chi connectivity index (χ1n) is 6.16. The molecule has 0 aromatic heterocycles. The summed E-state index contributed by atoms with van der Waals surface area (Å²) in [4.78, 5) is 2.03. The first-order chi connectivity index (χ1) is 7.70. The lowest BCUT2D eigenvalue weighted by Crippen LogP contribution is -2.20. The summed E-state index contributed by atoms with van der Waals surface area (Å²) in [5, 5.41) is 0. The number of hydrogen-bond acceptors (Lipinski definition) is 4. The van der Waals surface area contributed by atoms with Crippen LogP contribution in [0.5, 0.6) is 0 Å². The molecule has 0 N–H and O–H groups in total. The molecule has 0 aliphatic rings. The topological polar surface area (TPSA) is 30.9 Å². The summed E-state index contributed by atoms with van der Waals surface area (Å²) in [7, 11) is 3.91. The Labute approximate surface area is 102 Å². The molecule has 0 rings (SSSR count). The lowest BCUT2D eigenvalue weighted by Gasteiger charge is -2.16. The first-order valence-corrected chi connectivity index (χ1v) is 8.16. The minimum atomic E-state index is -0.115. The number of ether oxygens (including phenoxy) is 3. The largest absolute Gasteiger partial charge is 0.366 e. The van der Waals surface area contributed by atoms with Crippen LogP contribution in [-0.4, -0.2) is 61.4 Å². The lowest BCUT2D eigenvalue weighted by atomic mass is 10.7. The Morgan fingerprint density at radius 3 is 2.25 bits per heavy atom. The van der Waals surface area contributed by atoms with E-state index in [0.717, 1.165) is 32.6 Å². The van der Waals surface area contributed by atoms with Crippen molar-refractivity contribution in [2.24, 2.45) is 0 Å². The molecule has 0 unspecified atom stereocenters. The van der Waals surface area contributed by atoms with Crippen LogP contribution in [0.1, 0.15) is 13.8 Å². The maximum absolute atomic E-state index is 5.49. The Hall–Kier alpha value is 0.0569. The van der Waals surface area contributed by atoms with Crippen molar-refractivity contribution in [3.8, 4) is 0 Å². The van der Waals surface area contributed by atoms with Crippen LogP contribution in [0, 0.1) is 0 Å². The van der Waals surface area contributed by atoms with Crippen molar-refractivity contribution in [2.45, 2.75) is 32.2 Å². The molecule has 0 amide bonds. The van der Waals surface area contributed by atoms with Gasteiger partial charge in [-0.05, 0) is 40.0 Å². The fourth-order valence-electron chi connectivity index (χ4n) is 1.35. The van der Waals surface area contributed by atoms with Gasteiger partial charge in [0.1, 0.15) is 0 Å². The van der Waals surface area contributed by atoms with Crippen LogP contribution in [0.25, 0.3) is 0 Å². The van der Waals surface area contributed by atoms with Crippen molar-refractivity contribution < 1.29 is 14.2 Å². The highest BCUT2D eigenvalue weighted by atomic mass is 28.2. The smallest absolute Gasteiger partial charge is 0.154 e. The van der Waals surface area contributed by atoms with E-state index in [0.29, 0.717) is 0 Å². The lowest BCUT2D eigenvalue weighted by molar-refractivity contribution is -0.123. The van der Waals surface area contributed by atoms with Gasteiger partial charge in [-0.1, -0.05) is 0 Å². The van der Waals surface area contributed by atoms with Crippen molar-refractivity contribution >= 4 is 9.52 Å². The first kappa shape index (κ1) is 16.1. The van der Waals surface area contributed by atoms with Gasteiger partial charge in [-0.3, -0.25) is 4.90 Å². The van der Waals surface area contributed by atoms with E-state index < -0.39 is 0 Å². The van der Waals surface area contributed by atoms with Crippen LogP contribution < -0.4 is 0 Å². The van der Waals surface area contributed by atoms with Crippen molar-refractivity contribution in [3.05, 3.63) is 0 Å². The summed E-state index contributed by atoms with van der Waals surface area (Å²) in [6.07, 6.45) is 0.0236. The highest BCUT2D eigenvalue weighted by molar-refractivity contribution is 6.35. The number of rotatable bonds is 11. The average molecular weight is 249 g/mol. The fourth-order valence-corrected chi connectivity index (χ4v) is 2.71. The second kappa shape index (κ2) is 11.5. The maximum Gasteiger partial charge on any atom is 0.154 e. The predicted octanol–water partition coefficient (Wildman–Crippen LogP) is 0.927. The molecule has 0 saturated carbocycles. The minimum Gasteiger partial charge on any atom is -0.366 e. The zero-order valence-electron chi connectivity index (χ0n) is 11.2. The normalized spacial score (nSPS) is 12.4. The van der Waals surface area contributed by atoms with Crippen molar-refractivity contribution in [1.82, 2.24) is 4.90 Å². The number of nitrogens with zero attached hydrogens (tertiary/aromatic N) is 1. The van der Waals surface area contributed by atoms with E-state index in [9.17, 15) is 0 Å². The molecule has 5 heteroatoms. The van der Waals surface area contributed by atoms with Crippen LogP contribution in [0.3, 0.4) is 0 Å². The van der Waals surface area contributed by atoms with Crippen LogP contribution in [0.2, 0.25) is 12.1 Å². The van der Waals surface area contributed by atoms with Gasteiger partial charge in [0.15, 0.2) is 6.29 Å². The standard InChI is InChI=1S/C11H27NO3Si/c1-5-14-11(15-6-2)9-16-8-7-13-10-12(3)4/h11H,5-10,16H2,1-4H3. The molecule has 0 radical (unpaired) electrons. The van der Waals surface area contributed by atoms with E-state index in [1.54, 1.807) is 0 Å². The molecule has 0 fully saturated rings. The quantitative estimate of drug-likeness (QED) is 0.310. The molecule has 0 saturated heterocycles. The third-order valence-electron chi connectivity index (χ3n) is 2.03. The third kappa shape index (κ3) is 10.6. The fraction of sp³-hybridized carbons (Fsp3) is 1.00. The Morgan fingerprint density at radius 2 is 1.75 bits per heavy atom. The zero-order valence-corrected chi connectivity index (χ0v) is 12.6. The van der Waals surface area contributed by atoms with Crippen LogP contribution >= 0.6 is 0 Å². The third-order valence-corrected chi connectivity index (χ3v) is 3.70. The minimum absolute atomic E-state index is 0.0236. The van der Waals surface area contributed by atoms with Gasteiger partial charge in [-0.25, -0.2) is 0 Å². The Kier molecular flexibility index (Phi) is 11.6. The van der Waals surface area contributed by atoms with Gasteiger partial charge in [0.25, 0.3) is 0 Å². The molecule has 0 bridgehead atoms. The molecule has 4 nitrogen and oxygen atoms in total. The Balaban J connectivity index is 3.32. The van der Waals surface area contributed by atoms with Gasteiger partial charge in [-0.2, -0.15) is 0 Å². The van der Waals surface area contributed by atoms with E-state index in [1.165, 1.54) is 6.04 Å². The van der Waals surface area contributed by atoms with Gasteiger partial charge < -0.3 is 14.2 Å². The molecule has 0 aromatic rings. The molecular weight excluding hydrogens is 222 g/mol. The van der Waals surface area contributed by atoms with Crippen molar-refractivity contribution in [3.63, 3.8) is 0 Å². The van der Waals surface area contributed by atoms with Crippen LogP contribution in [0.4, 0.5) is 0 Å². The second-order valence-corrected chi connectivity index (χ2v) is 5.94. The summed E-state index contributed by atoms with van der Waals surface area (Å²) >= 11 is 0. The second-order valence-electron chi connectivity index (χ2n) is 3.95. The van der Waals surface area contributed by atoms with E-state index in [4.69, 9.17) is 14.2 Å². The van der Waals surface area contributed by atoms with E-state index >= 15 is 0 Å². The van der Waals surface area contributed by atoms with Gasteiger partial charge in [0, 0.05) is 29.3 Å². The summed E-state index contributed by atoms with van der Waals surface area (Å²) in [5.74, 6) is 0. The van der Waals surface area contributed by atoms with Crippen LogP contribution in [-0.2, 0) is 14.2 Å². The highest BCUT2D eigenvalue weighted by Gasteiger charge is 2.07. The SMILES string of the molecule is CCOC(C[SiH2]CCOCN(C)C)OCC. The average Bonchev–Trinajstić information content (AvgIpc) is 2.23. The molecule has 0 aliphatic carbocycles. The summed E-state index contributed by atoms with van der Waals surface area (Å²) in [6.45, 7) is 7.07. The van der Waals surface area contributed by atoms with Gasteiger partial charge in [0.05, 0.1) is 6.73 Å². The molecule has 0 heterocycles. The van der Waals surface area contributed by atoms with Crippen molar-refractivity contribution in [2.75, 3.05) is 40.6 Å². The zero-order chi connectivity index (χ0) is 12.2. The van der Waals surface area contributed by atoms with E-state index in [-0.39, 0.29) is 15.8 Å². The molecule has 0 aliphatic heterocycles. The molecule has 0 aromatic carbocycles. The van der Waals surface area contributed by atoms with Gasteiger partial charge in [0.2, 0.25) is 0 Å². The van der Waals surface area contributed by atoms with Gasteiger partial charge in [-0.15, -0.1) is 0 Å². The van der Waals surface area contributed by atoms with Crippen LogP contribution in [0.15, 0.2) is 0 Å². The van der Waals surface area contributed by atoms with Gasteiger partial charge >= 0.3 is 0 Å². The van der Waals surface area contributed by atoms with Crippen molar-refractivity contribution in [1.29, 1.82) is 0 Å². The Morgan fingerprint density at radius 1 is 1.12 bits per heavy atom. The monoisotopic (exact) mass is 249 g/mol.